The molecule has 0 spiro atoms. The maximum Gasteiger partial charge on any atom is 0.255 e. The summed E-state index contributed by atoms with van der Waals surface area (Å²) in [5.74, 6) is -0.240. The van der Waals surface area contributed by atoms with E-state index in [-0.39, 0.29) is 16.2 Å². The first-order valence-corrected chi connectivity index (χ1v) is 10.2. The molecule has 0 aliphatic carbocycles. The molecule has 3 rings (SSSR count). The predicted molar refractivity (Wildman–Crippen MR) is 110 cm³/mol. The lowest BCUT2D eigenvalue weighted by molar-refractivity contribution is 0.102. The molecule has 8 nitrogen and oxygen atoms in total. The molecule has 0 saturated heterocycles. The minimum Gasteiger partial charge on any atom is -0.495 e. The maximum absolute atomic E-state index is 12.7. The smallest absolute Gasteiger partial charge is 0.255 e. The number of carbonyl (C=O) groups is 1. The van der Waals surface area contributed by atoms with Crippen LogP contribution in [0.4, 0.5) is 5.69 Å². The van der Waals surface area contributed by atoms with Crippen LogP contribution in [0.2, 0.25) is 0 Å². The third-order valence-corrected chi connectivity index (χ3v) is 6.11. The highest BCUT2D eigenvalue weighted by Crippen LogP contribution is 2.27. The number of rotatable bonds is 7. The topological polar surface area (TPSA) is 93.5 Å². The summed E-state index contributed by atoms with van der Waals surface area (Å²) >= 11 is 0. The molecule has 0 bridgehead atoms. The highest BCUT2D eigenvalue weighted by Gasteiger charge is 2.24. The van der Waals surface area contributed by atoms with Gasteiger partial charge in [0, 0.05) is 37.7 Å². The number of anilines is 1. The zero-order chi connectivity index (χ0) is 21.0. The monoisotopic (exact) mass is 414 g/mol. The molecule has 0 aliphatic rings. The first-order valence-electron chi connectivity index (χ1n) is 8.79. The quantitative estimate of drug-likeness (QED) is 0.641. The molecule has 1 heterocycles. The van der Waals surface area contributed by atoms with Gasteiger partial charge in [-0.3, -0.25) is 9.48 Å². The summed E-state index contributed by atoms with van der Waals surface area (Å²) < 4.78 is 33.1. The van der Waals surface area contributed by atoms with Crippen LogP contribution in [-0.2, 0) is 16.6 Å². The van der Waals surface area contributed by atoms with E-state index in [4.69, 9.17) is 4.74 Å². The Labute approximate surface area is 169 Å². The summed E-state index contributed by atoms with van der Waals surface area (Å²) in [5.41, 5.74) is 1.79. The fourth-order valence-electron chi connectivity index (χ4n) is 2.75. The van der Waals surface area contributed by atoms with Crippen molar-refractivity contribution >= 4 is 21.6 Å². The van der Waals surface area contributed by atoms with Crippen molar-refractivity contribution in [3.8, 4) is 5.75 Å². The van der Waals surface area contributed by atoms with Gasteiger partial charge >= 0.3 is 0 Å². The Morgan fingerprint density at radius 2 is 1.97 bits per heavy atom. The highest BCUT2D eigenvalue weighted by atomic mass is 32.2. The number of benzene rings is 2. The Morgan fingerprint density at radius 1 is 1.17 bits per heavy atom. The zero-order valence-corrected chi connectivity index (χ0v) is 17.2. The summed E-state index contributed by atoms with van der Waals surface area (Å²) in [7, 11) is 0.465. The van der Waals surface area contributed by atoms with E-state index in [0.717, 1.165) is 9.87 Å². The van der Waals surface area contributed by atoms with Gasteiger partial charge in [-0.25, -0.2) is 12.7 Å². The van der Waals surface area contributed by atoms with Crippen molar-refractivity contribution in [2.45, 2.75) is 11.4 Å². The lowest BCUT2D eigenvalue weighted by Gasteiger charge is -2.15. The maximum atomic E-state index is 12.7. The first-order chi connectivity index (χ1) is 13.8. The van der Waals surface area contributed by atoms with E-state index >= 15 is 0 Å². The zero-order valence-electron chi connectivity index (χ0n) is 16.4. The largest absolute Gasteiger partial charge is 0.495 e. The van der Waals surface area contributed by atoms with Crippen LogP contribution in [0.5, 0.6) is 5.75 Å². The van der Waals surface area contributed by atoms with Crippen LogP contribution in [0.25, 0.3) is 0 Å². The molecule has 0 unspecified atom stereocenters. The van der Waals surface area contributed by atoms with E-state index in [0.29, 0.717) is 12.2 Å². The summed E-state index contributed by atoms with van der Waals surface area (Å²) in [6.07, 6.45) is 3.56. The lowest BCUT2D eigenvalue weighted by Crippen LogP contribution is -2.23. The molecule has 3 aromatic rings. The van der Waals surface area contributed by atoms with Gasteiger partial charge in [-0.15, -0.1) is 0 Å². The number of ether oxygens (including phenoxy) is 1. The molecule has 29 heavy (non-hydrogen) atoms. The van der Waals surface area contributed by atoms with Crippen LogP contribution in [-0.4, -0.2) is 49.6 Å². The van der Waals surface area contributed by atoms with E-state index in [1.165, 1.54) is 39.4 Å². The van der Waals surface area contributed by atoms with Crippen molar-refractivity contribution < 1.29 is 17.9 Å². The summed E-state index contributed by atoms with van der Waals surface area (Å²) in [4.78, 5) is 12.6. The number of hydrogen-bond acceptors (Lipinski definition) is 5. The third-order valence-electron chi connectivity index (χ3n) is 4.27. The van der Waals surface area contributed by atoms with Gasteiger partial charge in [0.05, 0.1) is 13.7 Å². The van der Waals surface area contributed by atoms with Gasteiger partial charge in [-0.2, -0.15) is 5.10 Å². The molecule has 2 aromatic carbocycles. The molecular weight excluding hydrogens is 392 g/mol. The Kier molecular flexibility index (Phi) is 6.00. The fraction of sp³-hybridized carbons (Fsp3) is 0.200. The van der Waals surface area contributed by atoms with Crippen molar-refractivity contribution in [2.24, 2.45) is 0 Å². The fourth-order valence-corrected chi connectivity index (χ4v) is 3.82. The molecule has 0 atom stereocenters. The van der Waals surface area contributed by atoms with Crippen LogP contribution >= 0.6 is 0 Å². The number of nitrogens with zero attached hydrogens (tertiary/aromatic N) is 3. The Bertz CT molecular complexity index is 1110. The minimum atomic E-state index is -3.77. The summed E-state index contributed by atoms with van der Waals surface area (Å²) in [6, 6.07) is 13.5. The van der Waals surface area contributed by atoms with Crippen LogP contribution in [0.1, 0.15) is 15.9 Å². The van der Waals surface area contributed by atoms with Crippen LogP contribution in [0.3, 0.4) is 0 Å². The van der Waals surface area contributed by atoms with E-state index in [9.17, 15) is 13.2 Å². The first kappa shape index (κ1) is 20.6. The van der Waals surface area contributed by atoms with E-state index < -0.39 is 15.9 Å². The number of aromatic nitrogens is 2. The standard InChI is InChI=1S/C20H22N4O4S/c1-23(2)29(26,27)19-13-16(8-9-18(19)28-3)20(25)22-17-7-4-6-15(12-17)14-24-11-5-10-21-24/h4-13H,14H2,1-3H3,(H,22,25). The van der Waals surface area contributed by atoms with Crippen molar-refractivity contribution in [2.75, 3.05) is 26.5 Å². The van der Waals surface area contributed by atoms with Crippen molar-refractivity contribution in [1.29, 1.82) is 0 Å². The average molecular weight is 414 g/mol. The van der Waals surface area contributed by atoms with E-state index in [1.54, 1.807) is 16.9 Å². The molecule has 0 saturated carbocycles. The second kappa shape index (κ2) is 8.46. The Hall–Kier alpha value is -3.17. The number of hydrogen-bond donors (Lipinski definition) is 1. The van der Waals surface area contributed by atoms with E-state index in [2.05, 4.69) is 10.4 Å². The van der Waals surface area contributed by atoms with E-state index in [1.807, 2.05) is 30.5 Å². The van der Waals surface area contributed by atoms with Gasteiger partial charge in [0.1, 0.15) is 10.6 Å². The minimum absolute atomic E-state index is 0.0647. The molecular formula is C20H22N4O4S. The Balaban J connectivity index is 1.84. The van der Waals surface area contributed by atoms with Crippen molar-refractivity contribution in [3.05, 3.63) is 72.1 Å². The van der Waals surface area contributed by atoms with Crippen molar-refractivity contribution in [3.63, 3.8) is 0 Å². The van der Waals surface area contributed by atoms with Gasteiger partial charge < -0.3 is 10.1 Å². The van der Waals surface area contributed by atoms with Gasteiger partial charge in [0.25, 0.3) is 5.91 Å². The normalized spacial score (nSPS) is 11.4. The number of nitrogens with one attached hydrogen (secondary N) is 1. The molecule has 1 aromatic heterocycles. The SMILES string of the molecule is COc1ccc(C(=O)Nc2cccc(Cn3cccn3)c2)cc1S(=O)(=O)N(C)C. The number of amides is 1. The lowest BCUT2D eigenvalue weighted by atomic mass is 10.1. The number of carbonyl (C=O) groups excluding carboxylic acids is 1. The molecule has 1 amide bonds. The third kappa shape index (κ3) is 4.64. The molecule has 0 aliphatic heterocycles. The van der Waals surface area contributed by atoms with Crippen LogP contribution < -0.4 is 10.1 Å². The Morgan fingerprint density at radius 3 is 2.62 bits per heavy atom. The number of sulfonamides is 1. The molecule has 9 heteroatoms. The highest BCUT2D eigenvalue weighted by molar-refractivity contribution is 7.89. The van der Waals surface area contributed by atoms with Gasteiger partial charge in [0.15, 0.2) is 0 Å². The van der Waals surface area contributed by atoms with Crippen LogP contribution in [0.15, 0.2) is 65.8 Å². The van der Waals surface area contributed by atoms with Gasteiger partial charge in [-0.05, 0) is 42.0 Å². The molecule has 152 valence electrons. The summed E-state index contributed by atoms with van der Waals surface area (Å²) in [5, 5.41) is 6.98. The second-order valence-corrected chi connectivity index (χ2v) is 8.63. The van der Waals surface area contributed by atoms with Gasteiger partial charge in [0.2, 0.25) is 10.0 Å². The second-order valence-electron chi connectivity index (χ2n) is 6.51. The van der Waals surface area contributed by atoms with Crippen molar-refractivity contribution in [1.82, 2.24) is 14.1 Å². The van der Waals surface area contributed by atoms with Crippen LogP contribution in [0, 0.1) is 0 Å². The molecule has 0 radical (unpaired) electrons. The number of methoxy groups -OCH3 is 1. The average Bonchev–Trinajstić information content (AvgIpc) is 3.20. The summed E-state index contributed by atoms with van der Waals surface area (Å²) in [6.45, 7) is 0.574. The predicted octanol–water partition coefficient (Wildman–Crippen LogP) is 2.44. The molecule has 1 N–H and O–H groups in total. The van der Waals surface area contributed by atoms with Gasteiger partial charge in [-0.1, -0.05) is 12.1 Å². The molecule has 0 fully saturated rings.